The van der Waals surface area contributed by atoms with Crippen LogP contribution in [-0.2, 0) is 0 Å². The molecule has 104 valence electrons. The third kappa shape index (κ3) is 2.81. The normalized spacial score (nSPS) is 11.1. The molecule has 1 heterocycles. The molecule has 0 bridgehead atoms. The Bertz CT molecular complexity index is 854. The zero-order chi connectivity index (χ0) is 14.7. The second kappa shape index (κ2) is 5.58. The number of azo groups is 1. The number of ether oxygens (including phenoxy) is 1. The lowest BCUT2D eigenvalue weighted by Gasteiger charge is -2.05. The van der Waals surface area contributed by atoms with Gasteiger partial charge in [0.15, 0.2) is 0 Å². The minimum atomic E-state index is -0.400. The van der Waals surface area contributed by atoms with E-state index in [1.54, 1.807) is 18.2 Å². The summed E-state index contributed by atoms with van der Waals surface area (Å²) in [6, 6.07) is 15.9. The molecule has 0 aliphatic carbocycles. The summed E-state index contributed by atoms with van der Waals surface area (Å²) < 4.78 is 10.4. The fourth-order valence-electron chi connectivity index (χ4n) is 1.93. The van der Waals surface area contributed by atoms with Crippen LogP contribution in [0.4, 0.5) is 11.4 Å². The smallest absolute Gasteiger partial charge is 0.336 e. The lowest BCUT2D eigenvalue weighted by Crippen LogP contribution is -1.94. The van der Waals surface area contributed by atoms with Gasteiger partial charge in [0, 0.05) is 17.5 Å². The molecule has 0 fully saturated rings. The second-order valence-corrected chi connectivity index (χ2v) is 4.35. The van der Waals surface area contributed by atoms with E-state index in [2.05, 4.69) is 10.2 Å². The van der Waals surface area contributed by atoms with Gasteiger partial charge in [-0.05, 0) is 24.3 Å². The predicted octanol–water partition coefficient (Wildman–Crippen LogP) is 4.22. The van der Waals surface area contributed by atoms with Gasteiger partial charge in [-0.1, -0.05) is 18.2 Å². The average Bonchev–Trinajstić information content (AvgIpc) is 2.53. The van der Waals surface area contributed by atoms with Crippen molar-refractivity contribution in [2.24, 2.45) is 10.2 Å². The van der Waals surface area contributed by atoms with Gasteiger partial charge in [-0.3, -0.25) is 0 Å². The quantitative estimate of drug-likeness (QED) is 0.533. The van der Waals surface area contributed by atoms with Crippen molar-refractivity contribution in [3.8, 4) is 5.75 Å². The van der Waals surface area contributed by atoms with Crippen molar-refractivity contribution in [2.75, 3.05) is 7.11 Å². The van der Waals surface area contributed by atoms with Gasteiger partial charge in [-0.15, -0.1) is 5.11 Å². The number of fused-ring (bicyclic) bond motifs is 1. The van der Waals surface area contributed by atoms with Crippen LogP contribution < -0.4 is 10.4 Å². The number of benzene rings is 2. The zero-order valence-electron chi connectivity index (χ0n) is 11.3. The summed E-state index contributed by atoms with van der Waals surface area (Å²) in [6.07, 6.45) is 0. The second-order valence-electron chi connectivity index (χ2n) is 4.35. The Morgan fingerprint density at radius 3 is 2.57 bits per heavy atom. The van der Waals surface area contributed by atoms with Crippen molar-refractivity contribution in [1.29, 1.82) is 0 Å². The van der Waals surface area contributed by atoms with Gasteiger partial charge < -0.3 is 9.15 Å². The van der Waals surface area contributed by atoms with Crippen LogP contribution in [0.1, 0.15) is 0 Å². The molecule has 0 radical (unpaired) electrons. The van der Waals surface area contributed by atoms with Crippen molar-refractivity contribution in [3.63, 3.8) is 0 Å². The highest BCUT2D eigenvalue weighted by atomic mass is 16.5. The molecule has 1 aromatic heterocycles. The van der Waals surface area contributed by atoms with Crippen molar-refractivity contribution < 1.29 is 9.15 Å². The van der Waals surface area contributed by atoms with E-state index in [0.29, 0.717) is 17.0 Å². The molecule has 0 saturated heterocycles. The van der Waals surface area contributed by atoms with Crippen LogP contribution in [0.2, 0.25) is 0 Å². The topological polar surface area (TPSA) is 64.2 Å². The van der Waals surface area contributed by atoms with E-state index in [4.69, 9.17) is 9.15 Å². The molecule has 0 aliphatic heterocycles. The summed E-state index contributed by atoms with van der Waals surface area (Å²) >= 11 is 0. The standard InChI is InChI=1S/C16H12N2O3/c1-20-15-10-14-11(7-8-16(19)21-14)9-13(15)18-17-12-5-3-2-4-6-12/h2-10H,1H3/b18-17+. The maximum absolute atomic E-state index is 11.2. The van der Waals surface area contributed by atoms with Gasteiger partial charge in [0.2, 0.25) is 0 Å². The molecule has 2 aromatic carbocycles. The van der Waals surface area contributed by atoms with E-state index < -0.39 is 5.63 Å². The summed E-state index contributed by atoms with van der Waals surface area (Å²) in [5, 5.41) is 9.12. The highest BCUT2D eigenvalue weighted by Gasteiger charge is 2.07. The SMILES string of the molecule is COc1cc2oc(=O)ccc2cc1/N=N/c1ccccc1. The lowest BCUT2D eigenvalue weighted by atomic mass is 10.2. The van der Waals surface area contributed by atoms with Gasteiger partial charge in [0.05, 0.1) is 12.8 Å². The fourth-order valence-corrected chi connectivity index (χ4v) is 1.93. The molecular formula is C16H12N2O3. The highest BCUT2D eigenvalue weighted by Crippen LogP contribution is 2.33. The van der Waals surface area contributed by atoms with E-state index >= 15 is 0 Å². The van der Waals surface area contributed by atoms with E-state index in [1.807, 2.05) is 30.3 Å². The van der Waals surface area contributed by atoms with Crippen molar-refractivity contribution in [2.45, 2.75) is 0 Å². The Kier molecular flexibility index (Phi) is 3.47. The lowest BCUT2D eigenvalue weighted by molar-refractivity contribution is 0.415. The number of hydrogen-bond acceptors (Lipinski definition) is 5. The van der Waals surface area contributed by atoms with Crippen molar-refractivity contribution >= 4 is 22.3 Å². The number of rotatable bonds is 3. The Morgan fingerprint density at radius 2 is 1.81 bits per heavy atom. The monoisotopic (exact) mass is 280 g/mol. The third-order valence-corrected chi connectivity index (χ3v) is 2.95. The minimum Gasteiger partial charge on any atom is -0.494 e. The van der Waals surface area contributed by atoms with E-state index in [0.717, 1.165) is 11.1 Å². The van der Waals surface area contributed by atoms with Gasteiger partial charge in [-0.2, -0.15) is 5.11 Å². The van der Waals surface area contributed by atoms with Crippen LogP contribution >= 0.6 is 0 Å². The molecule has 0 saturated carbocycles. The maximum Gasteiger partial charge on any atom is 0.336 e. The minimum absolute atomic E-state index is 0.400. The zero-order valence-corrected chi connectivity index (χ0v) is 11.3. The van der Waals surface area contributed by atoms with Crippen LogP contribution in [0.5, 0.6) is 5.75 Å². The summed E-state index contributed by atoms with van der Waals surface area (Å²) in [5.41, 5.74) is 1.38. The van der Waals surface area contributed by atoms with Crippen LogP contribution in [-0.4, -0.2) is 7.11 Å². The largest absolute Gasteiger partial charge is 0.494 e. The first-order valence-electron chi connectivity index (χ1n) is 6.35. The van der Waals surface area contributed by atoms with E-state index in [-0.39, 0.29) is 0 Å². The van der Waals surface area contributed by atoms with Crippen LogP contribution in [0.3, 0.4) is 0 Å². The van der Waals surface area contributed by atoms with Crippen LogP contribution in [0, 0.1) is 0 Å². The van der Waals surface area contributed by atoms with Crippen molar-refractivity contribution in [1.82, 2.24) is 0 Å². The highest BCUT2D eigenvalue weighted by molar-refractivity contribution is 5.83. The summed E-state index contributed by atoms with van der Waals surface area (Å²) in [6.45, 7) is 0. The van der Waals surface area contributed by atoms with Gasteiger partial charge in [0.25, 0.3) is 0 Å². The Hall–Kier alpha value is -2.95. The van der Waals surface area contributed by atoms with Gasteiger partial charge in [0.1, 0.15) is 17.0 Å². The van der Waals surface area contributed by atoms with E-state index in [9.17, 15) is 4.79 Å². The average molecular weight is 280 g/mol. The molecule has 5 nitrogen and oxygen atoms in total. The molecule has 21 heavy (non-hydrogen) atoms. The number of methoxy groups -OCH3 is 1. The molecule has 0 N–H and O–H groups in total. The molecule has 0 amide bonds. The van der Waals surface area contributed by atoms with Crippen molar-refractivity contribution in [3.05, 3.63) is 65.0 Å². The number of hydrogen-bond donors (Lipinski definition) is 0. The number of nitrogens with zero attached hydrogens (tertiary/aromatic N) is 2. The van der Waals surface area contributed by atoms with Crippen LogP contribution in [0.25, 0.3) is 11.0 Å². The molecule has 3 aromatic rings. The molecule has 5 heteroatoms. The maximum atomic E-state index is 11.2. The molecular weight excluding hydrogens is 268 g/mol. The molecule has 0 unspecified atom stereocenters. The fraction of sp³-hybridized carbons (Fsp3) is 0.0625. The first-order valence-corrected chi connectivity index (χ1v) is 6.35. The first-order chi connectivity index (χ1) is 10.3. The summed E-state index contributed by atoms with van der Waals surface area (Å²) in [4.78, 5) is 11.2. The first kappa shape index (κ1) is 13.1. The van der Waals surface area contributed by atoms with Gasteiger partial charge in [-0.25, -0.2) is 4.79 Å². The molecule has 0 spiro atoms. The van der Waals surface area contributed by atoms with Crippen LogP contribution in [0.15, 0.2) is 74.0 Å². The predicted molar refractivity (Wildman–Crippen MR) is 79.7 cm³/mol. The van der Waals surface area contributed by atoms with E-state index in [1.165, 1.54) is 13.2 Å². The summed E-state index contributed by atoms with van der Waals surface area (Å²) in [5.74, 6) is 0.497. The third-order valence-electron chi connectivity index (χ3n) is 2.95. The van der Waals surface area contributed by atoms with Gasteiger partial charge >= 0.3 is 5.63 Å². The molecule has 3 rings (SSSR count). The molecule has 0 aliphatic rings. The Balaban J connectivity index is 2.07. The molecule has 0 atom stereocenters. The summed E-state index contributed by atoms with van der Waals surface area (Å²) in [7, 11) is 1.53. The Labute approximate surface area is 120 Å². The Morgan fingerprint density at radius 1 is 1.00 bits per heavy atom.